The van der Waals surface area contributed by atoms with Crippen molar-refractivity contribution in [2.24, 2.45) is 0 Å². The van der Waals surface area contributed by atoms with Crippen molar-refractivity contribution < 1.29 is 14.2 Å². The van der Waals surface area contributed by atoms with Crippen molar-refractivity contribution in [3.8, 4) is 0 Å². The lowest BCUT2D eigenvalue weighted by Crippen LogP contribution is -2.35. The zero-order valence-corrected chi connectivity index (χ0v) is 15.5. The van der Waals surface area contributed by atoms with Crippen LogP contribution in [-0.2, 0) is 20.8 Å². The minimum absolute atomic E-state index is 0.0249. The Morgan fingerprint density at radius 1 is 1.22 bits per heavy atom. The van der Waals surface area contributed by atoms with Crippen molar-refractivity contribution in [3.05, 3.63) is 35.9 Å². The number of benzene rings is 1. The first-order chi connectivity index (χ1) is 11.1. The van der Waals surface area contributed by atoms with E-state index < -0.39 is 5.79 Å². The summed E-state index contributed by atoms with van der Waals surface area (Å²) in [4.78, 5) is 0. The molecule has 0 N–H and O–H groups in total. The molecule has 0 aromatic heterocycles. The Morgan fingerprint density at radius 2 is 1.96 bits per heavy atom. The van der Waals surface area contributed by atoms with E-state index in [2.05, 4.69) is 47.8 Å². The summed E-state index contributed by atoms with van der Waals surface area (Å²) >= 11 is 4.12. The molecule has 0 radical (unpaired) electrons. The average molecular weight is 355 g/mol. The van der Waals surface area contributed by atoms with Crippen LogP contribution in [-0.4, -0.2) is 40.7 Å². The fraction of sp³-hybridized carbons (Fsp3) is 0.667. The van der Waals surface area contributed by atoms with Crippen molar-refractivity contribution in [2.45, 2.75) is 55.9 Å². The van der Waals surface area contributed by atoms with Crippen molar-refractivity contribution >= 4 is 23.5 Å². The molecule has 0 saturated carbocycles. The van der Waals surface area contributed by atoms with Crippen molar-refractivity contribution in [1.29, 1.82) is 0 Å². The van der Waals surface area contributed by atoms with Gasteiger partial charge in [0.1, 0.15) is 6.10 Å². The largest absolute Gasteiger partial charge is 0.371 e. The van der Waals surface area contributed by atoms with Crippen LogP contribution in [0.2, 0.25) is 0 Å². The molecule has 0 bridgehead atoms. The lowest BCUT2D eigenvalue weighted by atomic mass is 10.1. The van der Waals surface area contributed by atoms with Crippen molar-refractivity contribution in [2.75, 3.05) is 18.1 Å². The normalized spacial score (nSPS) is 26.3. The smallest absolute Gasteiger partial charge is 0.163 e. The van der Waals surface area contributed by atoms with Crippen LogP contribution >= 0.6 is 23.5 Å². The van der Waals surface area contributed by atoms with Crippen LogP contribution in [0.1, 0.15) is 32.3 Å². The standard InChI is InChI=1S/C18H26O3S2/c1-18(2)20-13-16(21-18)15(11-17-22-9-6-10-23-17)19-12-14-7-4-3-5-8-14/h3-5,7-8,15-17H,6,9-13H2,1-2H3/t15-,16-/m0/s1. The second-order valence-electron chi connectivity index (χ2n) is 6.46. The van der Waals surface area contributed by atoms with Gasteiger partial charge in [0.15, 0.2) is 5.79 Å². The van der Waals surface area contributed by atoms with Gasteiger partial charge in [0.2, 0.25) is 0 Å². The van der Waals surface area contributed by atoms with Crippen molar-refractivity contribution in [1.82, 2.24) is 0 Å². The zero-order chi connectivity index (χ0) is 16.1. The van der Waals surface area contributed by atoms with E-state index in [4.69, 9.17) is 14.2 Å². The molecule has 2 aliphatic rings. The molecule has 2 aliphatic heterocycles. The van der Waals surface area contributed by atoms with Gasteiger partial charge in [-0.15, -0.1) is 23.5 Å². The molecule has 23 heavy (non-hydrogen) atoms. The highest BCUT2D eigenvalue weighted by molar-refractivity contribution is 8.17. The second kappa shape index (κ2) is 8.26. The fourth-order valence-corrected chi connectivity index (χ4v) is 5.81. The lowest BCUT2D eigenvalue weighted by molar-refractivity contribution is -0.158. The van der Waals surface area contributed by atoms with Crippen LogP contribution in [0.3, 0.4) is 0 Å². The SMILES string of the molecule is CC1(C)OC[C@@H]([C@H](CC2SCCCS2)OCc2ccccc2)O1. The highest BCUT2D eigenvalue weighted by Crippen LogP contribution is 2.36. The van der Waals surface area contributed by atoms with Gasteiger partial charge in [-0.3, -0.25) is 0 Å². The summed E-state index contributed by atoms with van der Waals surface area (Å²) in [6.07, 6.45) is 2.45. The first-order valence-corrected chi connectivity index (χ1v) is 10.4. The van der Waals surface area contributed by atoms with Gasteiger partial charge in [-0.2, -0.15) is 0 Å². The van der Waals surface area contributed by atoms with Crippen LogP contribution in [0.15, 0.2) is 30.3 Å². The molecule has 5 heteroatoms. The average Bonchev–Trinajstić information content (AvgIpc) is 2.93. The third-order valence-electron chi connectivity index (χ3n) is 4.07. The number of thioether (sulfide) groups is 2. The Hall–Kier alpha value is -0.200. The zero-order valence-electron chi connectivity index (χ0n) is 13.9. The molecule has 0 unspecified atom stereocenters. The highest BCUT2D eigenvalue weighted by Gasteiger charge is 2.39. The minimum Gasteiger partial charge on any atom is -0.371 e. The number of hydrogen-bond acceptors (Lipinski definition) is 5. The third kappa shape index (κ3) is 5.40. The first kappa shape index (κ1) is 17.6. The summed E-state index contributed by atoms with van der Waals surface area (Å²) < 4.78 is 18.7. The van der Waals surface area contributed by atoms with Gasteiger partial charge in [-0.05, 0) is 43.8 Å². The van der Waals surface area contributed by atoms with Crippen LogP contribution in [0, 0.1) is 0 Å². The molecule has 0 aliphatic carbocycles. The summed E-state index contributed by atoms with van der Waals surface area (Å²) in [7, 11) is 0. The molecule has 0 amide bonds. The van der Waals surface area contributed by atoms with Gasteiger partial charge < -0.3 is 14.2 Å². The van der Waals surface area contributed by atoms with Crippen LogP contribution in [0.25, 0.3) is 0 Å². The van der Waals surface area contributed by atoms with Gasteiger partial charge in [-0.25, -0.2) is 0 Å². The maximum Gasteiger partial charge on any atom is 0.163 e. The van der Waals surface area contributed by atoms with E-state index in [0.29, 0.717) is 17.8 Å². The van der Waals surface area contributed by atoms with E-state index in [1.807, 2.05) is 19.9 Å². The van der Waals surface area contributed by atoms with E-state index in [9.17, 15) is 0 Å². The fourth-order valence-electron chi connectivity index (χ4n) is 2.87. The predicted octanol–water partition coefficient (Wildman–Crippen LogP) is 4.31. The van der Waals surface area contributed by atoms with Gasteiger partial charge >= 0.3 is 0 Å². The van der Waals surface area contributed by atoms with Gasteiger partial charge in [0.05, 0.1) is 23.9 Å². The van der Waals surface area contributed by atoms with Crippen LogP contribution in [0.4, 0.5) is 0 Å². The Bertz CT molecular complexity index is 474. The van der Waals surface area contributed by atoms with E-state index in [1.54, 1.807) is 0 Å². The lowest BCUT2D eigenvalue weighted by Gasteiger charge is -2.29. The quantitative estimate of drug-likeness (QED) is 0.759. The predicted molar refractivity (Wildman–Crippen MR) is 97.9 cm³/mol. The summed E-state index contributed by atoms with van der Waals surface area (Å²) in [5.41, 5.74) is 1.21. The Labute approximate surface area is 147 Å². The molecule has 2 heterocycles. The van der Waals surface area contributed by atoms with Gasteiger partial charge in [0.25, 0.3) is 0 Å². The summed E-state index contributed by atoms with van der Waals surface area (Å²) in [5.74, 6) is 2.03. The number of ether oxygens (including phenoxy) is 3. The van der Waals surface area contributed by atoms with E-state index >= 15 is 0 Å². The van der Waals surface area contributed by atoms with Crippen LogP contribution < -0.4 is 0 Å². The molecular weight excluding hydrogens is 328 g/mol. The second-order valence-corrected chi connectivity index (χ2v) is 9.38. The Balaban J connectivity index is 1.60. The Morgan fingerprint density at radius 3 is 2.61 bits per heavy atom. The molecule has 3 rings (SSSR count). The summed E-state index contributed by atoms with van der Waals surface area (Å²) in [5, 5.41) is 0. The first-order valence-electron chi connectivity index (χ1n) is 8.33. The molecule has 2 fully saturated rings. The molecular formula is C18H26O3S2. The summed E-state index contributed by atoms with van der Waals surface area (Å²) in [6.45, 7) is 5.21. The molecule has 1 aromatic carbocycles. The molecule has 2 atom stereocenters. The molecule has 2 saturated heterocycles. The minimum atomic E-state index is -0.494. The monoisotopic (exact) mass is 354 g/mol. The van der Waals surface area contributed by atoms with Gasteiger partial charge in [0, 0.05) is 0 Å². The third-order valence-corrected chi connectivity index (χ3v) is 7.07. The van der Waals surface area contributed by atoms with Gasteiger partial charge in [-0.1, -0.05) is 30.3 Å². The van der Waals surface area contributed by atoms with E-state index in [1.165, 1.54) is 23.5 Å². The number of hydrogen-bond donors (Lipinski definition) is 0. The molecule has 3 nitrogen and oxygen atoms in total. The molecule has 1 aromatic rings. The maximum absolute atomic E-state index is 6.28. The summed E-state index contributed by atoms with van der Waals surface area (Å²) in [6, 6.07) is 10.4. The van der Waals surface area contributed by atoms with Crippen molar-refractivity contribution in [3.63, 3.8) is 0 Å². The Kier molecular flexibility index (Phi) is 6.32. The highest BCUT2D eigenvalue weighted by atomic mass is 32.2. The molecule has 0 spiro atoms. The maximum atomic E-state index is 6.28. The molecule has 128 valence electrons. The number of rotatable bonds is 6. The van der Waals surface area contributed by atoms with E-state index in [0.717, 1.165) is 6.42 Å². The van der Waals surface area contributed by atoms with E-state index in [-0.39, 0.29) is 12.2 Å². The van der Waals surface area contributed by atoms with Crippen LogP contribution in [0.5, 0.6) is 0 Å². The topological polar surface area (TPSA) is 27.7 Å².